The van der Waals surface area contributed by atoms with Crippen LogP contribution < -0.4 is 5.73 Å². The molecule has 50 valence electrons. The van der Waals surface area contributed by atoms with E-state index in [0.29, 0.717) is 4.88 Å². The lowest BCUT2D eigenvalue weighted by Gasteiger charge is -1.78. The number of carbonyl (C=O) groups is 1. The molecule has 1 aromatic rings. The zero-order valence-electron chi connectivity index (χ0n) is 4.40. The molecule has 0 aliphatic heterocycles. The molecule has 1 aromatic heterocycles. The number of rotatable bonds is 1. The van der Waals surface area contributed by atoms with Gasteiger partial charge in [0, 0.05) is 0 Å². The van der Waals surface area contributed by atoms with Gasteiger partial charge in [-0.1, -0.05) is 0 Å². The SMILES string of the molecule is Cl.NC(=O)c1cncs1. The van der Waals surface area contributed by atoms with Crippen LogP contribution in [-0.2, 0) is 0 Å². The lowest BCUT2D eigenvalue weighted by molar-refractivity contribution is 0.100. The third kappa shape index (κ3) is 1.99. The van der Waals surface area contributed by atoms with Gasteiger partial charge in [-0.15, -0.1) is 23.7 Å². The van der Waals surface area contributed by atoms with Gasteiger partial charge >= 0.3 is 0 Å². The van der Waals surface area contributed by atoms with Gasteiger partial charge in [-0.05, 0) is 0 Å². The summed E-state index contributed by atoms with van der Waals surface area (Å²) in [4.78, 5) is 14.4. The van der Waals surface area contributed by atoms with E-state index in [-0.39, 0.29) is 12.4 Å². The van der Waals surface area contributed by atoms with Crippen molar-refractivity contribution >= 4 is 29.7 Å². The Balaban J connectivity index is 0.000000640. The van der Waals surface area contributed by atoms with E-state index in [4.69, 9.17) is 5.73 Å². The van der Waals surface area contributed by atoms with Crippen molar-refractivity contribution in [3.8, 4) is 0 Å². The van der Waals surface area contributed by atoms with Gasteiger partial charge in [-0.25, -0.2) is 0 Å². The van der Waals surface area contributed by atoms with Gasteiger partial charge in [0.1, 0.15) is 4.88 Å². The second-order valence-electron chi connectivity index (χ2n) is 1.23. The van der Waals surface area contributed by atoms with E-state index in [1.807, 2.05) is 0 Å². The average Bonchev–Trinajstić information content (AvgIpc) is 2.12. The average molecular weight is 165 g/mol. The topological polar surface area (TPSA) is 56.0 Å². The van der Waals surface area contributed by atoms with Crippen molar-refractivity contribution in [3.05, 3.63) is 16.6 Å². The van der Waals surface area contributed by atoms with Crippen LogP contribution in [0.3, 0.4) is 0 Å². The van der Waals surface area contributed by atoms with E-state index in [0.717, 1.165) is 0 Å². The first-order valence-electron chi connectivity index (χ1n) is 1.99. The lowest BCUT2D eigenvalue weighted by atomic mass is 10.5. The smallest absolute Gasteiger partial charge is 0.260 e. The number of primary amides is 1. The van der Waals surface area contributed by atoms with Crippen LogP contribution in [-0.4, -0.2) is 10.9 Å². The van der Waals surface area contributed by atoms with E-state index < -0.39 is 5.91 Å². The van der Waals surface area contributed by atoms with Crippen LogP contribution >= 0.6 is 23.7 Å². The predicted octanol–water partition coefficient (Wildman–Crippen LogP) is 0.664. The molecule has 1 heterocycles. The number of halogens is 1. The fourth-order valence-corrected chi connectivity index (χ4v) is 0.811. The molecule has 5 heteroatoms. The van der Waals surface area contributed by atoms with Crippen LogP contribution in [0, 0.1) is 0 Å². The second kappa shape index (κ2) is 3.42. The molecule has 2 N–H and O–H groups in total. The van der Waals surface area contributed by atoms with Crippen molar-refractivity contribution in [1.82, 2.24) is 4.98 Å². The van der Waals surface area contributed by atoms with Gasteiger partial charge in [-0.2, -0.15) is 0 Å². The fraction of sp³-hybridized carbons (Fsp3) is 0. The van der Waals surface area contributed by atoms with Crippen molar-refractivity contribution in [2.75, 3.05) is 0 Å². The zero-order valence-corrected chi connectivity index (χ0v) is 6.04. The van der Waals surface area contributed by atoms with Gasteiger partial charge in [0.15, 0.2) is 0 Å². The molecule has 1 rings (SSSR count). The van der Waals surface area contributed by atoms with Crippen LogP contribution in [0.4, 0.5) is 0 Å². The molecule has 0 unspecified atom stereocenters. The van der Waals surface area contributed by atoms with Crippen LogP contribution in [0.25, 0.3) is 0 Å². The highest BCUT2D eigenvalue weighted by Crippen LogP contribution is 2.02. The highest BCUT2D eigenvalue weighted by Gasteiger charge is 1.97. The summed E-state index contributed by atoms with van der Waals surface area (Å²) in [7, 11) is 0. The molecule has 0 atom stereocenters. The largest absolute Gasteiger partial charge is 0.365 e. The van der Waals surface area contributed by atoms with Crippen molar-refractivity contribution in [3.63, 3.8) is 0 Å². The maximum absolute atomic E-state index is 10.3. The Bertz CT molecular complexity index is 186. The molecule has 0 aliphatic rings. The number of aromatic nitrogens is 1. The molecule has 0 saturated carbocycles. The molecule has 0 radical (unpaired) electrons. The molecule has 0 aliphatic carbocycles. The number of hydrogen-bond donors (Lipinski definition) is 1. The maximum Gasteiger partial charge on any atom is 0.260 e. The number of amides is 1. The van der Waals surface area contributed by atoms with Gasteiger partial charge < -0.3 is 5.73 Å². The summed E-state index contributed by atoms with van der Waals surface area (Å²) in [5, 5.41) is 0. The third-order valence-corrected chi connectivity index (χ3v) is 1.46. The van der Waals surface area contributed by atoms with E-state index in [1.165, 1.54) is 17.5 Å². The number of nitrogens with two attached hydrogens (primary N) is 1. The highest BCUT2D eigenvalue weighted by molar-refractivity contribution is 7.11. The van der Waals surface area contributed by atoms with Crippen molar-refractivity contribution in [1.29, 1.82) is 0 Å². The third-order valence-electron chi connectivity index (χ3n) is 0.675. The first kappa shape index (κ1) is 8.39. The Morgan fingerprint density at radius 1 is 1.78 bits per heavy atom. The summed E-state index contributed by atoms with van der Waals surface area (Å²) in [6.45, 7) is 0. The highest BCUT2D eigenvalue weighted by atomic mass is 35.5. The van der Waals surface area contributed by atoms with E-state index in [2.05, 4.69) is 4.98 Å². The Morgan fingerprint density at radius 2 is 2.44 bits per heavy atom. The van der Waals surface area contributed by atoms with E-state index >= 15 is 0 Å². The monoisotopic (exact) mass is 164 g/mol. The van der Waals surface area contributed by atoms with Crippen LogP contribution in [0.2, 0.25) is 0 Å². The maximum atomic E-state index is 10.3. The number of nitrogens with zero attached hydrogens (tertiary/aromatic N) is 1. The molecular weight excluding hydrogens is 160 g/mol. The minimum absolute atomic E-state index is 0. The summed E-state index contributed by atoms with van der Waals surface area (Å²) in [5.41, 5.74) is 6.46. The summed E-state index contributed by atoms with van der Waals surface area (Å²) in [5.74, 6) is -0.410. The molecule has 9 heavy (non-hydrogen) atoms. The normalized spacial score (nSPS) is 8.00. The minimum atomic E-state index is -0.410. The molecule has 1 amide bonds. The number of thiazole rings is 1. The molecule has 0 spiro atoms. The van der Waals surface area contributed by atoms with Crippen molar-refractivity contribution < 1.29 is 4.79 Å². The quantitative estimate of drug-likeness (QED) is 0.663. The van der Waals surface area contributed by atoms with Crippen LogP contribution in [0.15, 0.2) is 11.7 Å². The van der Waals surface area contributed by atoms with Crippen molar-refractivity contribution in [2.24, 2.45) is 5.73 Å². The zero-order chi connectivity index (χ0) is 5.98. The molecule has 0 saturated heterocycles. The van der Waals surface area contributed by atoms with Crippen LogP contribution in [0.1, 0.15) is 9.67 Å². The molecule has 3 nitrogen and oxygen atoms in total. The molecule has 0 aromatic carbocycles. The van der Waals surface area contributed by atoms with E-state index in [9.17, 15) is 4.79 Å². The molecular formula is C4H5ClN2OS. The Hall–Kier alpha value is -0.610. The Kier molecular flexibility index (Phi) is 3.19. The summed E-state index contributed by atoms with van der Waals surface area (Å²) >= 11 is 1.25. The van der Waals surface area contributed by atoms with Crippen molar-refractivity contribution in [2.45, 2.75) is 0 Å². The predicted molar refractivity (Wildman–Crippen MR) is 37.9 cm³/mol. The van der Waals surface area contributed by atoms with Gasteiger partial charge in [0.05, 0.1) is 11.7 Å². The van der Waals surface area contributed by atoms with E-state index in [1.54, 1.807) is 5.51 Å². The van der Waals surface area contributed by atoms with Gasteiger partial charge in [0.25, 0.3) is 5.91 Å². The Morgan fingerprint density at radius 3 is 2.67 bits per heavy atom. The summed E-state index contributed by atoms with van der Waals surface area (Å²) < 4.78 is 0. The number of hydrogen-bond acceptors (Lipinski definition) is 3. The van der Waals surface area contributed by atoms with Crippen LogP contribution in [0.5, 0.6) is 0 Å². The Labute approximate surface area is 62.3 Å². The fourth-order valence-electron chi connectivity index (χ4n) is 0.337. The van der Waals surface area contributed by atoms with Gasteiger partial charge in [-0.3, -0.25) is 9.78 Å². The first-order valence-corrected chi connectivity index (χ1v) is 2.87. The molecule has 0 fully saturated rings. The summed E-state index contributed by atoms with van der Waals surface area (Å²) in [6, 6.07) is 0. The lowest BCUT2D eigenvalue weighted by Crippen LogP contribution is -2.08. The first-order chi connectivity index (χ1) is 3.80. The standard InChI is InChI=1S/C4H4N2OS.ClH/c5-4(7)3-1-6-2-8-3;/h1-2H,(H2,5,7);1H. The molecule has 0 bridgehead atoms. The second-order valence-corrected chi connectivity index (χ2v) is 2.12. The number of carbonyl (C=O) groups excluding carboxylic acids is 1. The minimum Gasteiger partial charge on any atom is -0.365 e. The van der Waals surface area contributed by atoms with Gasteiger partial charge in [0.2, 0.25) is 0 Å². The summed E-state index contributed by atoms with van der Waals surface area (Å²) in [6.07, 6.45) is 1.45.